The van der Waals surface area contributed by atoms with Crippen LogP contribution in [0.15, 0.2) is 59.8 Å². The molecule has 2 aromatic carbocycles. The van der Waals surface area contributed by atoms with Crippen molar-refractivity contribution in [2.45, 2.75) is 37.9 Å². The predicted octanol–water partition coefficient (Wildman–Crippen LogP) is 3.59. The van der Waals surface area contributed by atoms with Crippen LogP contribution in [0.25, 0.3) is 5.69 Å². The van der Waals surface area contributed by atoms with Gasteiger partial charge in [-0.1, -0.05) is 42.1 Å². The first-order valence-corrected chi connectivity index (χ1v) is 10.7. The lowest BCUT2D eigenvalue weighted by Gasteiger charge is -2.20. The Hall–Kier alpha value is -3.20. The standard InChI is InChI=1S/C22H24FN5O2S/c1-22(2,3)25-20(30)14-31-21-27-26-18(28(21)15-9-5-4-6-10-15)13-19(29)24-17-12-8-7-11-16(17)23/h4-12H,13-14H2,1-3H3,(H,24,29)(H,25,30). The summed E-state index contributed by atoms with van der Waals surface area (Å²) in [4.78, 5) is 24.7. The minimum atomic E-state index is -0.513. The molecule has 0 fully saturated rings. The van der Waals surface area contributed by atoms with E-state index in [9.17, 15) is 14.0 Å². The maximum Gasteiger partial charge on any atom is 0.232 e. The van der Waals surface area contributed by atoms with Gasteiger partial charge in [0, 0.05) is 11.2 Å². The van der Waals surface area contributed by atoms with Gasteiger partial charge in [-0.25, -0.2) is 4.39 Å². The van der Waals surface area contributed by atoms with E-state index in [1.165, 1.54) is 23.9 Å². The van der Waals surface area contributed by atoms with Crippen LogP contribution in [-0.2, 0) is 16.0 Å². The van der Waals surface area contributed by atoms with Crippen LogP contribution in [0.5, 0.6) is 0 Å². The fourth-order valence-electron chi connectivity index (χ4n) is 2.83. The molecule has 0 aliphatic carbocycles. The van der Waals surface area contributed by atoms with Crippen LogP contribution in [0.3, 0.4) is 0 Å². The number of benzene rings is 2. The highest BCUT2D eigenvalue weighted by molar-refractivity contribution is 7.99. The molecule has 7 nitrogen and oxygen atoms in total. The van der Waals surface area contributed by atoms with E-state index in [2.05, 4.69) is 20.8 Å². The summed E-state index contributed by atoms with van der Waals surface area (Å²) in [6.07, 6.45) is -0.106. The molecule has 0 bridgehead atoms. The van der Waals surface area contributed by atoms with Gasteiger partial charge in [-0.05, 0) is 45.0 Å². The number of nitrogens with one attached hydrogen (secondary N) is 2. The topological polar surface area (TPSA) is 88.9 Å². The van der Waals surface area contributed by atoms with Crippen LogP contribution in [0, 0.1) is 5.82 Å². The summed E-state index contributed by atoms with van der Waals surface area (Å²) in [7, 11) is 0. The van der Waals surface area contributed by atoms with Gasteiger partial charge < -0.3 is 10.6 Å². The largest absolute Gasteiger partial charge is 0.351 e. The lowest BCUT2D eigenvalue weighted by atomic mass is 10.1. The summed E-state index contributed by atoms with van der Waals surface area (Å²) in [5, 5.41) is 14.3. The highest BCUT2D eigenvalue weighted by Crippen LogP contribution is 2.23. The quantitative estimate of drug-likeness (QED) is 0.547. The number of rotatable bonds is 7. The second-order valence-corrected chi connectivity index (χ2v) is 8.80. The van der Waals surface area contributed by atoms with Crippen molar-refractivity contribution in [3.63, 3.8) is 0 Å². The van der Waals surface area contributed by atoms with Gasteiger partial charge >= 0.3 is 0 Å². The van der Waals surface area contributed by atoms with Gasteiger partial charge in [0.2, 0.25) is 11.8 Å². The highest BCUT2D eigenvalue weighted by atomic mass is 32.2. The van der Waals surface area contributed by atoms with Crippen molar-refractivity contribution in [1.29, 1.82) is 0 Å². The van der Waals surface area contributed by atoms with Gasteiger partial charge in [-0.3, -0.25) is 14.2 Å². The lowest BCUT2D eigenvalue weighted by Crippen LogP contribution is -2.41. The Kier molecular flexibility index (Phi) is 7.06. The van der Waals surface area contributed by atoms with E-state index in [4.69, 9.17) is 0 Å². The number of anilines is 1. The van der Waals surface area contributed by atoms with Crippen LogP contribution >= 0.6 is 11.8 Å². The molecule has 0 radical (unpaired) electrons. The van der Waals surface area contributed by atoms with Crippen LogP contribution in [0.4, 0.5) is 10.1 Å². The minimum absolute atomic E-state index is 0.103. The average Bonchev–Trinajstić information content (AvgIpc) is 3.10. The lowest BCUT2D eigenvalue weighted by molar-refractivity contribution is -0.120. The second kappa shape index (κ2) is 9.74. The number of carbonyl (C=O) groups excluding carboxylic acids is 2. The summed E-state index contributed by atoms with van der Waals surface area (Å²) in [6.45, 7) is 5.73. The number of thioether (sulfide) groups is 1. The number of hydrogen-bond acceptors (Lipinski definition) is 5. The van der Waals surface area contributed by atoms with E-state index in [1.54, 1.807) is 16.7 Å². The van der Waals surface area contributed by atoms with Crippen molar-refractivity contribution in [1.82, 2.24) is 20.1 Å². The van der Waals surface area contributed by atoms with Gasteiger partial charge in [0.25, 0.3) is 0 Å². The maximum absolute atomic E-state index is 13.8. The summed E-state index contributed by atoms with van der Waals surface area (Å²) in [5.74, 6) is -0.514. The van der Waals surface area contributed by atoms with Crippen molar-refractivity contribution >= 4 is 29.3 Å². The van der Waals surface area contributed by atoms with Crippen molar-refractivity contribution < 1.29 is 14.0 Å². The SMILES string of the molecule is CC(C)(C)NC(=O)CSc1nnc(CC(=O)Nc2ccccc2F)n1-c1ccccc1. The Labute approximate surface area is 184 Å². The van der Waals surface area contributed by atoms with E-state index in [0.717, 1.165) is 5.69 Å². The van der Waals surface area contributed by atoms with E-state index < -0.39 is 11.7 Å². The zero-order chi connectivity index (χ0) is 22.4. The molecule has 162 valence electrons. The van der Waals surface area contributed by atoms with Crippen LogP contribution in [-0.4, -0.2) is 37.9 Å². The fourth-order valence-corrected chi connectivity index (χ4v) is 3.60. The second-order valence-electron chi connectivity index (χ2n) is 7.86. The molecule has 1 aromatic heterocycles. The molecule has 0 aliphatic heterocycles. The van der Waals surface area contributed by atoms with Crippen molar-refractivity contribution in [3.8, 4) is 5.69 Å². The molecule has 9 heteroatoms. The molecule has 0 saturated heterocycles. The molecular formula is C22H24FN5O2S. The Balaban J connectivity index is 1.79. The summed E-state index contributed by atoms with van der Waals surface area (Å²) < 4.78 is 15.6. The number of carbonyl (C=O) groups is 2. The Morgan fingerprint density at radius 2 is 1.68 bits per heavy atom. The molecule has 0 aliphatic rings. The number of amides is 2. The molecule has 0 unspecified atom stereocenters. The summed E-state index contributed by atoms with van der Waals surface area (Å²) >= 11 is 1.23. The number of halogens is 1. The van der Waals surface area contributed by atoms with Crippen molar-refractivity contribution in [2.75, 3.05) is 11.1 Å². The third-order valence-corrected chi connectivity index (χ3v) is 4.96. The molecule has 0 atom stereocenters. The number of aromatic nitrogens is 3. The molecule has 1 heterocycles. The third kappa shape index (κ3) is 6.39. The first-order chi connectivity index (χ1) is 14.7. The third-order valence-electron chi connectivity index (χ3n) is 4.03. The molecule has 31 heavy (non-hydrogen) atoms. The summed E-state index contributed by atoms with van der Waals surface area (Å²) in [5.41, 5.74) is 0.535. The first-order valence-electron chi connectivity index (χ1n) is 9.71. The molecule has 0 saturated carbocycles. The van der Waals surface area contributed by atoms with Gasteiger partial charge in [0.15, 0.2) is 5.16 Å². The molecule has 0 spiro atoms. The smallest absolute Gasteiger partial charge is 0.232 e. The molecule has 3 aromatic rings. The van der Waals surface area contributed by atoms with Gasteiger partial charge in [0.1, 0.15) is 11.6 Å². The van der Waals surface area contributed by atoms with Crippen molar-refractivity contribution in [2.24, 2.45) is 0 Å². The van der Waals surface area contributed by atoms with E-state index in [0.29, 0.717) is 11.0 Å². The summed E-state index contributed by atoms with van der Waals surface area (Å²) in [6, 6.07) is 15.3. The molecular weight excluding hydrogens is 417 g/mol. The van der Waals surface area contributed by atoms with Crippen LogP contribution < -0.4 is 10.6 Å². The van der Waals surface area contributed by atoms with Gasteiger partial charge in [-0.15, -0.1) is 10.2 Å². The van der Waals surface area contributed by atoms with Crippen LogP contribution in [0.2, 0.25) is 0 Å². The normalized spacial score (nSPS) is 11.2. The average molecular weight is 442 g/mol. The van der Waals surface area contributed by atoms with E-state index >= 15 is 0 Å². The Morgan fingerprint density at radius 3 is 2.35 bits per heavy atom. The Morgan fingerprint density at radius 1 is 1.00 bits per heavy atom. The minimum Gasteiger partial charge on any atom is -0.351 e. The molecule has 2 amide bonds. The molecule has 2 N–H and O–H groups in total. The predicted molar refractivity (Wildman–Crippen MR) is 119 cm³/mol. The van der Waals surface area contributed by atoms with Gasteiger partial charge in [-0.2, -0.15) is 0 Å². The number of nitrogens with zero attached hydrogens (tertiary/aromatic N) is 3. The van der Waals surface area contributed by atoms with Crippen LogP contribution in [0.1, 0.15) is 26.6 Å². The zero-order valence-electron chi connectivity index (χ0n) is 17.6. The van der Waals surface area contributed by atoms with E-state index in [-0.39, 0.29) is 29.3 Å². The number of hydrogen-bond donors (Lipinski definition) is 2. The van der Waals surface area contributed by atoms with E-state index in [1.807, 2.05) is 51.1 Å². The highest BCUT2D eigenvalue weighted by Gasteiger charge is 2.20. The van der Waals surface area contributed by atoms with Gasteiger partial charge in [0.05, 0.1) is 17.9 Å². The first kappa shape index (κ1) is 22.5. The number of para-hydroxylation sites is 2. The molecule has 3 rings (SSSR count). The van der Waals surface area contributed by atoms with Crippen molar-refractivity contribution in [3.05, 3.63) is 66.2 Å². The Bertz CT molecular complexity index is 1060. The monoisotopic (exact) mass is 441 g/mol. The zero-order valence-corrected chi connectivity index (χ0v) is 18.4. The maximum atomic E-state index is 13.8. The fraction of sp³-hybridized carbons (Fsp3) is 0.273.